The molecule has 0 saturated carbocycles. The smallest absolute Gasteiger partial charge is 0.190 e. The highest BCUT2D eigenvalue weighted by atomic mass is 32.1. The standard InChI is InChI=1S/C21H29FN4S/c1-23-21(24-12-11-16-7-3-4-9-18(16)22)25-15-17-8-5-13-26(2)20(17)19-10-6-14-27-19/h3-4,6-7,9-10,14,17,20H,5,8,11-13,15H2,1-2H3,(H2,23,24,25). The lowest BCUT2D eigenvalue weighted by Crippen LogP contribution is -2.45. The van der Waals surface area contributed by atoms with Crippen LogP contribution in [0, 0.1) is 11.7 Å². The zero-order valence-corrected chi connectivity index (χ0v) is 16.9. The van der Waals surface area contributed by atoms with Gasteiger partial charge in [0.15, 0.2) is 5.96 Å². The van der Waals surface area contributed by atoms with Crippen LogP contribution in [0.1, 0.15) is 29.3 Å². The maximum atomic E-state index is 13.7. The Kier molecular flexibility index (Phi) is 7.24. The fraction of sp³-hybridized carbons (Fsp3) is 0.476. The molecule has 2 unspecified atom stereocenters. The number of halogens is 1. The van der Waals surface area contributed by atoms with Crippen LogP contribution in [-0.2, 0) is 6.42 Å². The molecule has 2 N–H and O–H groups in total. The molecule has 27 heavy (non-hydrogen) atoms. The van der Waals surface area contributed by atoms with Crippen LogP contribution in [0.15, 0.2) is 46.8 Å². The summed E-state index contributed by atoms with van der Waals surface area (Å²) in [4.78, 5) is 8.23. The van der Waals surface area contributed by atoms with Crippen molar-refractivity contribution in [1.29, 1.82) is 0 Å². The quantitative estimate of drug-likeness (QED) is 0.586. The number of guanidine groups is 1. The van der Waals surface area contributed by atoms with Crippen LogP contribution in [0.25, 0.3) is 0 Å². The number of likely N-dealkylation sites (tertiary alicyclic amines) is 1. The number of nitrogens with zero attached hydrogens (tertiary/aromatic N) is 2. The summed E-state index contributed by atoms with van der Waals surface area (Å²) in [6.45, 7) is 2.68. The maximum Gasteiger partial charge on any atom is 0.190 e. The van der Waals surface area contributed by atoms with Crippen LogP contribution in [0.3, 0.4) is 0 Å². The van der Waals surface area contributed by atoms with Gasteiger partial charge in [0.2, 0.25) is 0 Å². The van der Waals surface area contributed by atoms with Gasteiger partial charge in [0.25, 0.3) is 0 Å². The number of piperidine rings is 1. The van der Waals surface area contributed by atoms with E-state index in [0.29, 0.717) is 24.9 Å². The zero-order chi connectivity index (χ0) is 19.1. The molecule has 6 heteroatoms. The summed E-state index contributed by atoms with van der Waals surface area (Å²) in [6.07, 6.45) is 3.08. The van der Waals surface area contributed by atoms with E-state index in [2.05, 4.69) is 45.1 Å². The first kappa shape index (κ1) is 19.8. The Labute approximate surface area is 165 Å². The minimum atomic E-state index is -0.147. The SMILES string of the molecule is CN=C(NCCc1ccccc1F)NCC1CCCN(C)C1c1cccs1. The number of benzene rings is 1. The molecule has 1 saturated heterocycles. The molecule has 1 aliphatic rings. The fourth-order valence-electron chi connectivity index (χ4n) is 3.85. The second-order valence-electron chi connectivity index (χ2n) is 7.06. The van der Waals surface area contributed by atoms with Crippen molar-refractivity contribution in [3.05, 3.63) is 58.0 Å². The van der Waals surface area contributed by atoms with Gasteiger partial charge in [-0.05, 0) is 61.8 Å². The summed E-state index contributed by atoms with van der Waals surface area (Å²) >= 11 is 1.84. The number of hydrogen-bond donors (Lipinski definition) is 2. The highest BCUT2D eigenvalue weighted by Gasteiger charge is 2.31. The Hall–Kier alpha value is -1.92. The highest BCUT2D eigenvalue weighted by Crippen LogP contribution is 2.36. The molecule has 0 spiro atoms. The molecular weight excluding hydrogens is 359 g/mol. The average molecular weight is 389 g/mol. The van der Waals surface area contributed by atoms with E-state index in [4.69, 9.17) is 0 Å². The number of aliphatic imine (C=N–C) groups is 1. The summed E-state index contributed by atoms with van der Waals surface area (Å²) in [5, 5.41) is 8.94. The maximum absolute atomic E-state index is 13.7. The van der Waals surface area contributed by atoms with Crippen LogP contribution >= 0.6 is 11.3 Å². The third kappa shape index (κ3) is 5.30. The molecule has 0 aliphatic carbocycles. The Morgan fingerprint density at radius 1 is 1.26 bits per heavy atom. The predicted molar refractivity (Wildman–Crippen MR) is 112 cm³/mol. The third-order valence-electron chi connectivity index (χ3n) is 5.24. The second kappa shape index (κ2) is 9.85. The largest absolute Gasteiger partial charge is 0.356 e. The molecule has 2 heterocycles. The summed E-state index contributed by atoms with van der Waals surface area (Å²) in [7, 11) is 4.00. The molecule has 2 aromatic rings. The number of thiophene rings is 1. The first-order valence-electron chi connectivity index (χ1n) is 9.60. The molecule has 1 aromatic heterocycles. The average Bonchev–Trinajstić information content (AvgIpc) is 3.20. The van der Waals surface area contributed by atoms with Gasteiger partial charge in [-0.3, -0.25) is 9.89 Å². The molecule has 2 atom stereocenters. The van der Waals surface area contributed by atoms with Gasteiger partial charge >= 0.3 is 0 Å². The van der Waals surface area contributed by atoms with Gasteiger partial charge in [-0.25, -0.2) is 4.39 Å². The van der Waals surface area contributed by atoms with E-state index in [0.717, 1.165) is 24.6 Å². The number of nitrogens with one attached hydrogen (secondary N) is 2. The molecule has 0 amide bonds. The first-order valence-corrected chi connectivity index (χ1v) is 10.5. The normalized spacial score (nSPS) is 21.2. The van der Waals surface area contributed by atoms with E-state index >= 15 is 0 Å². The van der Waals surface area contributed by atoms with E-state index in [1.807, 2.05) is 23.5 Å². The molecule has 1 aliphatic heterocycles. The van der Waals surface area contributed by atoms with Crippen molar-refractivity contribution in [2.45, 2.75) is 25.3 Å². The van der Waals surface area contributed by atoms with Crippen molar-refractivity contribution in [3.63, 3.8) is 0 Å². The summed E-state index contributed by atoms with van der Waals surface area (Å²) < 4.78 is 13.7. The van der Waals surface area contributed by atoms with E-state index in [1.165, 1.54) is 23.8 Å². The Balaban J connectivity index is 1.51. The van der Waals surface area contributed by atoms with Gasteiger partial charge < -0.3 is 10.6 Å². The molecule has 3 rings (SSSR count). The van der Waals surface area contributed by atoms with Crippen LogP contribution in [0.5, 0.6) is 0 Å². The molecule has 1 aromatic carbocycles. The molecule has 146 valence electrons. The third-order valence-corrected chi connectivity index (χ3v) is 6.18. The molecular formula is C21H29FN4S. The second-order valence-corrected chi connectivity index (χ2v) is 8.04. The van der Waals surface area contributed by atoms with Crippen LogP contribution < -0.4 is 10.6 Å². The Bertz CT molecular complexity index is 732. The van der Waals surface area contributed by atoms with E-state index < -0.39 is 0 Å². The lowest BCUT2D eigenvalue weighted by molar-refractivity contribution is 0.125. The van der Waals surface area contributed by atoms with Crippen molar-refractivity contribution < 1.29 is 4.39 Å². The number of hydrogen-bond acceptors (Lipinski definition) is 3. The minimum absolute atomic E-state index is 0.147. The molecule has 4 nitrogen and oxygen atoms in total. The Morgan fingerprint density at radius 3 is 2.85 bits per heavy atom. The van der Waals surface area contributed by atoms with Gasteiger partial charge in [-0.15, -0.1) is 11.3 Å². The van der Waals surface area contributed by atoms with Gasteiger partial charge in [0.1, 0.15) is 5.82 Å². The van der Waals surface area contributed by atoms with Crippen molar-refractivity contribution in [2.75, 3.05) is 33.7 Å². The van der Waals surface area contributed by atoms with Crippen molar-refractivity contribution in [3.8, 4) is 0 Å². The molecule has 0 radical (unpaired) electrons. The summed E-state index contributed by atoms with van der Waals surface area (Å²) in [6, 6.07) is 11.8. The lowest BCUT2D eigenvalue weighted by atomic mass is 9.88. The lowest BCUT2D eigenvalue weighted by Gasteiger charge is -2.39. The minimum Gasteiger partial charge on any atom is -0.356 e. The molecule has 1 fully saturated rings. The predicted octanol–water partition coefficient (Wildman–Crippen LogP) is 3.68. The van der Waals surface area contributed by atoms with Gasteiger partial charge in [-0.1, -0.05) is 24.3 Å². The van der Waals surface area contributed by atoms with Crippen molar-refractivity contribution >= 4 is 17.3 Å². The zero-order valence-electron chi connectivity index (χ0n) is 16.1. The van der Waals surface area contributed by atoms with Crippen LogP contribution in [-0.4, -0.2) is 44.6 Å². The van der Waals surface area contributed by atoms with E-state index in [-0.39, 0.29) is 5.82 Å². The summed E-state index contributed by atoms with van der Waals surface area (Å²) in [5.41, 5.74) is 0.729. The van der Waals surface area contributed by atoms with Crippen molar-refractivity contribution in [1.82, 2.24) is 15.5 Å². The van der Waals surface area contributed by atoms with Crippen molar-refractivity contribution in [2.24, 2.45) is 10.9 Å². The highest BCUT2D eigenvalue weighted by molar-refractivity contribution is 7.10. The van der Waals surface area contributed by atoms with Crippen LogP contribution in [0.2, 0.25) is 0 Å². The van der Waals surface area contributed by atoms with Gasteiger partial charge in [0, 0.05) is 31.1 Å². The van der Waals surface area contributed by atoms with E-state index in [9.17, 15) is 4.39 Å². The fourth-order valence-corrected chi connectivity index (χ4v) is 4.83. The first-order chi connectivity index (χ1) is 13.2. The Morgan fingerprint density at radius 2 is 2.11 bits per heavy atom. The van der Waals surface area contributed by atoms with Gasteiger partial charge in [-0.2, -0.15) is 0 Å². The molecule has 0 bridgehead atoms. The monoisotopic (exact) mass is 388 g/mol. The van der Waals surface area contributed by atoms with Crippen LogP contribution in [0.4, 0.5) is 4.39 Å². The topological polar surface area (TPSA) is 39.7 Å². The van der Waals surface area contributed by atoms with E-state index in [1.54, 1.807) is 13.1 Å². The van der Waals surface area contributed by atoms with Gasteiger partial charge in [0.05, 0.1) is 0 Å². The number of rotatable bonds is 6. The summed E-state index contributed by atoms with van der Waals surface area (Å²) in [5.74, 6) is 1.18.